The van der Waals surface area contributed by atoms with Crippen molar-refractivity contribution in [2.24, 2.45) is 5.92 Å². The molecule has 2 saturated heterocycles. The van der Waals surface area contributed by atoms with E-state index in [4.69, 9.17) is 0 Å². The van der Waals surface area contributed by atoms with Gasteiger partial charge in [0.2, 0.25) is 11.8 Å². The Bertz CT molecular complexity index is 1010. The zero-order chi connectivity index (χ0) is 22.5. The van der Waals surface area contributed by atoms with Crippen LogP contribution in [-0.4, -0.2) is 54.3 Å². The summed E-state index contributed by atoms with van der Waals surface area (Å²) in [6.45, 7) is 1.15. The average Bonchev–Trinajstić information content (AvgIpc) is 3.01. The van der Waals surface area contributed by atoms with Crippen molar-refractivity contribution < 1.29 is 19.2 Å². The highest BCUT2D eigenvalue weighted by Gasteiger charge is 2.32. The summed E-state index contributed by atoms with van der Waals surface area (Å²) in [6, 6.07) is 17.0. The van der Waals surface area contributed by atoms with E-state index in [-0.39, 0.29) is 30.6 Å². The van der Waals surface area contributed by atoms with Crippen molar-refractivity contribution >= 4 is 23.8 Å². The standard InChI is InChI=1S/C24H26N4O4/c29-21(11-10-20-23(31)27-24(32)26-20)28-13-12-25-22(30)19(15-28)14-16-6-8-18(9-7-16)17-4-2-1-3-5-17/h1-9,19-20H,10-15H2,(H,25,30)(H2,26,27,31,32). The molecule has 0 radical (unpaired) electrons. The molecule has 3 N–H and O–H groups in total. The maximum Gasteiger partial charge on any atom is 0.322 e. The molecule has 0 spiro atoms. The lowest BCUT2D eigenvalue weighted by atomic mass is 9.96. The van der Waals surface area contributed by atoms with Gasteiger partial charge in [0.05, 0.1) is 5.92 Å². The molecule has 8 nitrogen and oxygen atoms in total. The van der Waals surface area contributed by atoms with Gasteiger partial charge in [-0.05, 0) is 29.5 Å². The van der Waals surface area contributed by atoms with Crippen LogP contribution in [0.4, 0.5) is 4.79 Å². The Morgan fingerprint density at radius 3 is 2.34 bits per heavy atom. The Kier molecular flexibility index (Phi) is 6.49. The zero-order valence-corrected chi connectivity index (χ0v) is 17.7. The number of nitrogens with zero attached hydrogens (tertiary/aromatic N) is 1. The van der Waals surface area contributed by atoms with Gasteiger partial charge in [0, 0.05) is 26.1 Å². The van der Waals surface area contributed by atoms with Gasteiger partial charge in [-0.15, -0.1) is 0 Å². The van der Waals surface area contributed by atoms with E-state index in [1.54, 1.807) is 4.90 Å². The highest BCUT2D eigenvalue weighted by Crippen LogP contribution is 2.21. The third kappa shape index (κ3) is 5.14. The molecule has 0 aliphatic carbocycles. The van der Waals surface area contributed by atoms with Crippen LogP contribution < -0.4 is 16.0 Å². The number of hydrogen-bond acceptors (Lipinski definition) is 4. The molecule has 166 valence electrons. The molecule has 5 amide bonds. The van der Waals surface area contributed by atoms with Crippen molar-refractivity contribution in [2.45, 2.75) is 25.3 Å². The maximum atomic E-state index is 12.7. The van der Waals surface area contributed by atoms with Crippen LogP contribution in [0.1, 0.15) is 18.4 Å². The first-order valence-corrected chi connectivity index (χ1v) is 10.8. The largest absolute Gasteiger partial charge is 0.354 e. The molecule has 8 heteroatoms. The van der Waals surface area contributed by atoms with Gasteiger partial charge in [-0.3, -0.25) is 19.7 Å². The predicted octanol–water partition coefficient (Wildman–Crippen LogP) is 1.46. The molecule has 2 aromatic rings. The van der Waals surface area contributed by atoms with Gasteiger partial charge in [0.15, 0.2) is 0 Å². The first-order chi connectivity index (χ1) is 15.5. The smallest absolute Gasteiger partial charge is 0.322 e. The summed E-state index contributed by atoms with van der Waals surface area (Å²) in [5, 5.41) is 7.56. The van der Waals surface area contributed by atoms with Gasteiger partial charge in [0.25, 0.3) is 5.91 Å². The Hall–Kier alpha value is -3.68. The van der Waals surface area contributed by atoms with Gasteiger partial charge in [-0.25, -0.2) is 4.79 Å². The summed E-state index contributed by atoms with van der Waals surface area (Å²) in [4.78, 5) is 49.9. The molecular formula is C24H26N4O4. The SMILES string of the molecule is O=C1NC(=O)C(CCC(=O)N2CCNC(=O)C(Cc3ccc(-c4ccccc4)cc3)C2)N1. The summed E-state index contributed by atoms with van der Waals surface area (Å²) in [5.41, 5.74) is 3.28. The molecule has 2 unspecified atom stereocenters. The average molecular weight is 434 g/mol. The number of rotatable bonds is 6. The van der Waals surface area contributed by atoms with Gasteiger partial charge >= 0.3 is 6.03 Å². The van der Waals surface area contributed by atoms with E-state index in [1.165, 1.54) is 0 Å². The summed E-state index contributed by atoms with van der Waals surface area (Å²) in [7, 11) is 0. The van der Waals surface area contributed by atoms with Crippen LogP contribution in [0.2, 0.25) is 0 Å². The van der Waals surface area contributed by atoms with Crippen molar-refractivity contribution in [3.63, 3.8) is 0 Å². The van der Waals surface area contributed by atoms with E-state index in [1.807, 2.05) is 42.5 Å². The fraction of sp³-hybridized carbons (Fsp3) is 0.333. The fourth-order valence-corrected chi connectivity index (χ4v) is 4.12. The molecule has 0 saturated carbocycles. The summed E-state index contributed by atoms with van der Waals surface area (Å²) < 4.78 is 0. The van der Waals surface area contributed by atoms with Crippen molar-refractivity contribution in [1.29, 1.82) is 0 Å². The molecule has 2 aliphatic heterocycles. The minimum absolute atomic E-state index is 0.0603. The fourth-order valence-electron chi connectivity index (χ4n) is 4.12. The summed E-state index contributed by atoms with van der Waals surface area (Å²) >= 11 is 0. The number of hydrogen-bond donors (Lipinski definition) is 3. The lowest BCUT2D eigenvalue weighted by Gasteiger charge is -2.23. The zero-order valence-electron chi connectivity index (χ0n) is 17.7. The molecule has 2 aliphatic rings. The number of carbonyl (C=O) groups is 4. The van der Waals surface area contributed by atoms with Crippen LogP contribution in [0.3, 0.4) is 0 Å². The molecule has 2 aromatic carbocycles. The van der Waals surface area contributed by atoms with Crippen molar-refractivity contribution in [2.75, 3.05) is 19.6 Å². The number of carbonyl (C=O) groups excluding carboxylic acids is 4. The van der Waals surface area contributed by atoms with Gasteiger partial charge in [-0.1, -0.05) is 54.6 Å². The highest BCUT2D eigenvalue weighted by molar-refractivity contribution is 6.04. The lowest BCUT2D eigenvalue weighted by Crippen LogP contribution is -2.38. The Balaban J connectivity index is 1.36. The molecule has 2 atom stereocenters. The summed E-state index contributed by atoms with van der Waals surface area (Å²) in [5.74, 6) is -0.944. The van der Waals surface area contributed by atoms with E-state index in [0.717, 1.165) is 16.7 Å². The molecule has 2 heterocycles. The number of benzene rings is 2. The monoisotopic (exact) mass is 434 g/mol. The number of urea groups is 1. The van der Waals surface area contributed by atoms with Crippen molar-refractivity contribution in [1.82, 2.24) is 20.9 Å². The minimum atomic E-state index is -0.683. The second-order valence-corrected chi connectivity index (χ2v) is 8.15. The van der Waals surface area contributed by atoms with E-state index in [2.05, 4.69) is 28.1 Å². The molecule has 32 heavy (non-hydrogen) atoms. The van der Waals surface area contributed by atoms with E-state index in [9.17, 15) is 19.2 Å². The van der Waals surface area contributed by atoms with Gasteiger partial charge in [-0.2, -0.15) is 0 Å². The molecule has 0 bridgehead atoms. The normalized spacial score (nSPS) is 20.9. The first-order valence-electron chi connectivity index (χ1n) is 10.8. The number of amides is 5. The van der Waals surface area contributed by atoms with Crippen LogP contribution in [0.15, 0.2) is 54.6 Å². The van der Waals surface area contributed by atoms with Crippen LogP contribution in [0, 0.1) is 5.92 Å². The van der Waals surface area contributed by atoms with Gasteiger partial charge < -0.3 is 15.5 Å². The van der Waals surface area contributed by atoms with Crippen molar-refractivity contribution in [3.8, 4) is 11.1 Å². The Morgan fingerprint density at radius 2 is 1.66 bits per heavy atom. The van der Waals surface area contributed by atoms with Crippen LogP contribution in [0.25, 0.3) is 11.1 Å². The van der Waals surface area contributed by atoms with Crippen molar-refractivity contribution in [3.05, 3.63) is 60.2 Å². The molecule has 4 rings (SSSR count). The van der Waals surface area contributed by atoms with E-state index in [0.29, 0.717) is 26.1 Å². The predicted molar refractivity (Wildman–Crippen MR) is 118 cm³/mol. The van der Waals surface area contributed by atoms with Crippen LogP contribution in [-0.2, 0) is 20.8 Å². The first kappa shape index (κ1) is 21.5. The van der Waals surface area contributed by atoms with Crippen LogP contribution >= 0.6 is 0 Å². The Labute approximate surface area is 186 Å². The maximum absolute atomic E-state index is 12.7. The van der Waals surface area contributed by atoms with Crippen LogP contribution in [0.5, 0.6) is 0 Å². The van der Waals surface area contributed by atoms with E-state index >= 15 is 0 Å². The highest BCUT2D eigenvalue weighted by atomic mass is 16.2. The minimum Gasteiger partial charge on any atom is -0.354 e. The van der Waals surface area contributed by atoms with Gasteiger partial charge in [0.1, 0.15) is 6.04 Å². The number of imide groups is 1. The molecule has 2 fully saturated rings. The Morgan fingerprint density at radius 1 is 0.938 bits per heavy atom. The third-order valence-corrected chi connectivity index (χ3v) is 5.89. The third-order valence-electron chi connectivity index (χ3n) is 5.89. The number of nitrogens with one attached hydrogen (secondary N) is 3. The van der Waals surface area contributed by atoms with E-state index < -0.39 is 18.0 Å². The molecule has 0 aromatic heterocycles. The molecular weight excluding hydrogens is 408 g/mol. The topological polar surface area (TPSA) is 108 Å². The second kappa shape index (κ2) is 9.64. The summed E-state index contributed by atoms with van der Waals surface area (Å²) in [6.07, 6.45) is 0.900. The lowest BCUT2D eigenvalue weighted by molar-refractivity contribution is -0.132. The quantitative estimate of drug-likeness (QED) is 0.598. The second-order valence-electron chi connectivity index (χ2n) is 8.15.